The Labute approximate surface area is 116 Å². The number of amides is 1. The second-order valence-electron chi connectivity index (χ2n) is 5.96. The molecule has 5 nitrogen and oxygen atoms in total. The fourth-order valence-electron chi connectivity index (χ4n) is 2.94. The van der Waals surface area contributed by atoms with Crippen LogP contribution >= 0.6 is 0 Å². The summed E-state index contributed by atoms with van der Waals surface area (Å²) in [6.45, 7) is 4.24. The lowest BCUT2D eigenvalue weighted by Gasteiger charge is -2.34. The Bertz CT molecular complexity index is 331. The maximum absolute atomic E-state index is 12.5. The molecule has 0 radical (unpaired) electrons. The van der Waals surface area contributed by atoms with Crippen LogP contribution in [0.4, 0.5) is 0 Å². The Morgan fingerprint density at radius 1 is 1.21 bits per heavy atom. The molecule has 0 heterocycles. The summed E-state index contributed by atoms with van der Waals surface area (Å²) in [6, 6.07) is -0.0444. The molecule has 0 aromatic rings. The molecule has 1 amide bonds. The van der Waals surface area contributed by atoms with Crippen molar-refractivity contribution in [3.05, 3.63) is 0 Å². The molecule has 0 aromatic heterocycles. The van der Waals surface area contributed by atoms with E-state index in [0.29, 0.717) is 0 Å². The number of carbonyl (C=O) groups excluding carboxylic acids is 2. The van der Waals surface area contributed by atoms with Gasteiger partial charge in [0.2, 0.25) is 5.91 Å². The molecule has 19 heavy (non-hydrogen) atoms. The van der Waals surface area contributed by atoms with Crippen LogP contribution < -0.4 is 5.84 Å². The zero-order chi connectivity index (χ0) is 14.6. The van der Waals surface area contributed by atoms with Crippen molar-refractivity contribution in [1.29, 1.82) is 0 Å². The first-order chi connectivity index (χ1) is 8.84. The lowest BCUT2D eigenvalue weighted by Crippen LogP contribution is -2.52. The van der Waals surface area contributed by atoms with Gasteiger partial charge in [-0.2, -0.15) is 0 Å². The van der Waals surface area contributed by atoms with Crippen molar-refractivity contribution in [2.75, 3.05) is 20.6 Å². The van der Waals surface area contributed by atoms with E-state index in [1.54, 1.807) is 6.92 Å². The summed E-state index contributed by atoms with van der Waals surface area (Å²) < 4.78 is 0. The van der Waals surface area contributed by atoms with Gasteiger partial charge in [-0.25, -0.2) is 5.84 Å². The van der Waals surface area contributed by atoms with E-state index in [-0.39, 0.29) is 29.6 Å². The number of rotatable bonds is 5. The standard InChI is InChI=1S/C14H27N3O2/c1-10(9-16(3)4)17(15)14(19)13-8-6-5-7-12(13)11(2)18/h10,12-13H,5-9,15H2,1-4H3/t10?,12-,13-/m0/s1. The maximum Gasteiger partial charge on any atom is 0.240 e. The average Bonchev–Trinajstić information content (AvgIpc) is 2.36. The third kappa shape index (κ3) is 4.28. The van der Waals surface area contributed by atoms with Crippen molar-refractivity contribution in [3.63, 3.8) is 0 Å². The lowest BCUT2D eigenvalue weighted by molar-refractivity contribution is -0.144. The highest BCUT2D eigenvalue weighted by Crippen LogP contribution is 2.32. The highest BCUT2D eigenvalue weighted by Gasteiger charge is 2.36. The third-order valence-electron chi connectivity index (χ3n) is 3.96. The van der Waals surface area contributed by atoms with Crippen LogP contribution in [0.1, 0.15) is 39.5 Å². The molecule has 5 heteroatoms. The molecule has 0 spiro atoms. The zero-order valence-corrected chi connectivity index (χ0v) is 12.6. The van der Waals surface area contributed by atoms with Gasteiger partial charge in [0, 0.05) is 18.4 Å². The lowest BCUT2D eigenvalue weighted by atomic mass is 9.76. The molecule has 0 aromatic carbocycles. The van der Waals surface area contributed by atoms with Gasteiger partial charge in [-0.05, 0) is 40.8 Å². The molecule has 0 bridgehead atoms. The van der Waals surface area contributed by atoms with Crippen LogP contribution in [-0.4, -0.2) is 48.3 Å². The zero-order valence-electron chi connectivity index (χ0n) is 12.6. The van der Waals surface area contributed by atoms with Gasteiger partial charge in [0.15, 0.2) is 0 Å². The van der Waals surface area contributed by atoms with Gasteiger partial charge in [0.25, 0.3) is 0 Å². The number of likely N-dealkylation sites (N-methyl/N-ethyl adjacent to an activating group) is 1. The molecule has 1 unspecified atom stereocenters. The first-order valence-electron chi connectivity index (χ1n) is 7.07. The molecule has 1 rings (SSSR count). The number of ketones is 1. The van der Waals surface area contributed by atoms with E-state index in [0.717, 1.165) is 32.2 Å². The summed E-state index contributed by atoms with van der Waals surface area (Å²) in [7, 11) is 3.90. The summed E-state index contributed by atoms with van der Waals surface area (Å²) in [6.07, 6.45) is 3.65. The molecule has 3 atom stereocenters. The van der Waals surface area contributed by atoms with E-state index in [9.17, 15) is 9.59 Å². The van der Waals surface area contributed by atoms with Crippen LogP contribution in [0, 0.1) is 11.8 Å². The number of hydrazine groups is 1. The van der Waals surface area contributed by atoms with Crippen molar-refractivity contribution in [3.8, 4) is 0 Å². The Balaban J connectivity index is 2.70. The average molecular weight is 269 g/mol. The predicted molar refractivity (Wildman–Crippen MR) is 75.2 cm³/mol. The van der Waals surface area contributed by atoms with Gasteiger partial charge in [-0.3, -0.25) is 14.6 Å². The Kier molecular flexibility index (Phi) is 5.94. The summed E-state index contributed by atoms with van der Waals surface area (Å²) >= 11 is 0. The second-order valence-corrected chi connectivity index (χ2v) is 5.96. The second kappa shape index (κ2) is 7.01. The number of hydrogen-bond donors (Lipinski definition) is 1. The first-order valence-corrected chi connectivity index (χ1v) is 7.07. The van der Waals surface area contributed by atoms with Gasteiger partial charge in [-0.15, -0.1) is 0 Å². The highest BCUT2D eigenvalue weighted by atomic mass is 16.2. The first kappa shape index (κ1) is 16.1. The van der Waals surface area contributed by atoms with Crippen LogP contribution in [0.25, 0.3) is 0 Å². The van der Waals surface area contributed by atoms with Crippen molar-refractivity contribution in [2.45, 2.75) is 45.6 Å². The quantitative estimate of drug-likeness (QED) is 0.460. The van der Waals surface area contributed by atoms with Crippen LogP contribution in [0.15, 0.2) is 0 Å². The minimum Gasteiger partial charge on any atom is -0.307 e. The molecule has 1 aliphatic carbocycles. The summed E-state index contributed by atoms with van der Waals surface area (Å²) in [5.74, 6) is 5.63. The van der Waals surface area contributed by atoms with Crippen LogP contribution in [0.2, 0.25) is 0 Å². The molecule has 0 saturated heterocycles. The predicted octanol–water partition coefficient (Wildman–Crippen LogP) is 1.03. The molecule has 1 aliphatic rings. The minimum atomic E-state index is -0.221. The molecule has 110 valence electrons. The van der Waals surface area contributed by atoms with Crippen molar-refractivity contribution >= 4 is 11.7 Å². The van der Waals surface area contributed by atoms with Crippen LogP contribution in [0.5, 0.6) is 0 Å². The monoisotopic (exact) mass is 269 g/mol. The fourth-order valence-corrected chi connectivity index (χ4v) is 2.94. The van der Waals surface area contributed by atoms with Crippen molar-refractivity contribution in [1.82, 2.24) is 9.91 Å². The Morgan fingerprint density at radius 2 is 1.74 bits per heavy atom. The van der Waals surface area contributed by atoms with E-state index >= 15 is 0 Å². The molecular formula is C14H27N3O2. The van der Waals surface area contributed by atoms with E-state index < -0.39 is 0 Å². The number of nitrogens with zero attached hydrogens (tertiary/aromatic N) is 2. The summed E-state index contributed by atoms with van der Waals surface area (Å²) in [4.78, 5) is 26.1. The molecule has 1 fully saturated rings. The van der Waals surface area contributed by atoms with E-state index in [4.69, 9.17) is 5.84 Å². The topological polar surface area (TPSA) is 66.6 Å². The largest absolute Gasteiger partial charge is 0.307 e. The highest BCUT2D eigenvalue weighted by molar-refractivity contribution is 5.87. The fraction of sp³-hybridized carbons (Fsp3) is 0.857. The maximum atomic E-state index is 12.5. The van der Waals surface area contributed by atoms with Gasteiger partial charge >= 0.3 is 0 Å². The van der Waals surface area contributed by atoms with Gasteiger partial charge in [0.05, 0.1) is 6.04 Å². The Hall–Kier alpha value is -0.940. The number of carbonyl (C=O) groups is 2. The summed E-state index contributed by atoms with van der Waals surface area (Å²) in [5, 5.41) is 1.33. The SMILES string of the molecule is CC(=O)[C@@H]1CCCC[C@@H]1C(=O)N(N)C(C)CN(C)C. The van der Waals surface area contributed by atoms with Gasteiger partial charge < -0.3 is 4.90 Å². The third-order valence-corrected chi connectivity index (χ3v) is 3.96. The van der Waals surface area contributed by atoms with Gasteiger partial charge in [0.1, 0.15) is 5.78 Å². The van der Waals surface area contributed by atoms with Crippen LogP contribution in [-0.2, 0) is 9.59 Å². The molecule has 1 saturated carbocycles. The Morgan fingerprint density at radius 3 is 2.21 bits per heavy atom. The number of hydrogen-bond acceptors (Lipinski definition) is 4. The van der Waals surface area contributed by atoms with Crippen molar-refractivity contribution < 1.29 is 9.59 Å². The van der Waals surface area contributed by atoms with Crippen molar-refractivity contribution in [2.24, 2.45) is 17.7 Å². The molecule has 0 aliphatic heterocycles. The number of nitrogens with two attached hydrogens (primary N) is 1. The van der Waals surface area contributed by atoms with E-state index in [1.165, 1.54) is 5.01 Å². The summed E-state index contributed by atoms with van der Waals surface area (Å²) in [5.41, 5.74) is 0. The normalized spacial score (nSPS) is 25.2. The van der Waals surface area contributed by atoms with E-state index in [2.05, 4.69) is 0 Å². The molecular weight excluding hydrogens is 242 g/mol. The van der Waals surface area contributed by atoms with Crippen LogP contribution in [0.3, 0.4) is 0 Å². The van der Waals surface area contributed by atoms with Gasteiger partial charge in [-0.1, -0.05) is 12.8 Å². The molecule has 2 N–H and O–H groups in total. The smallest absolute Gasteiger partial charge is 0.240 e. The minimum absolute atomic E-state index is 0.0444. The van der Waals surface area contributed by atoms with E-state index in [1.807, 2.05) is 25.9 Å². The number of Topliss-reactive ketones (excluding diaryl/α,β-unsaturated/α-hetero) is 1.